The third-order valence-corrected chi connectivity index (χ3v) is 3.54. The number of hydrogen-bond donors (Lipinski definition) is 2. The van der Waals surface area contributed by atoms with Crippen LogP contribution in [0.1, 0.15) is 37.6 Å². The monoisotopic (exact) mass is 357 g/mol. The summed E-state index contributed by atoms with van der Waals surface area (Å²) in [5, 5.41) is 13.7. The second-order valence-corrected chi connectivity index (χ2v) is 6.69. The SMILES string of the molecule is CC(C)CC(C)(CN)NC(=O)c1cc(Br)cc([N+](=O)[O-])c1. The maximum absolute atomic E-state index is 12.3. The van der Waals surface area contributed by atoms with Gasteiger partial charge in [-0.25, -0.2) is 0 Å². The molecule has 1 amide bonds. The van der Waals surface area contributed by atoms with E-state index in [0.717, 1.165) is 6.42 Å². The van der Waals surface area contributed by atoms with E-state index in [1.807, 2.05) is 20.8 Å². The van der Waals surface area contributed by atoms with Crippen LogP contribution in [0.15, 0.2) is 22.7 Å². The maximum Gasteiger partial charge on any atom is 0.271 e. The molecule has 3 N–H and O–H groups in total. The molecular formula is C14H20BrN3O3. The van der Waals surface area contributed by atoms with Gasteiger partial charge in [-0.05, 0) is 25.3 Å². The second kappa shape index (κ2) is 7.00. The Balaban J connectivity index is 3.00. The highest BCUT2D eigenvalue weighted by Gasteiger charge is 2.27. The average molecular weight is 358 g/mol. The fraction of sp³-hybridized carbons (Fsp3) is 0.500. The smallest absolute Gasteiger partial charge is 0.271 e. The van der Waals surface area contributed by atoms with Gasteiger partial charge in [0.1, 0.15) is 0 Å². The molecule has 1 aromatic rings. The molecule has 6 nitrogen and oxygen atoms in total. The molecule has 0 aliphatic rings. The molecule has 1 unspecified atom stereocenters. The Kier molecular flexibility index (Phi) is 5.86. The first-order valence-corrected chi connectivity index (χ1v) is 7.44. The maximum atomic E-state index is 12.3. The van der Waals surface area contributed by atoms with Crippen molar-refractivity contribution >= 4 is 27.5 Å². The molecule has 21 heavy (non-hydrogen) atoms. The van der Waals surface area contributed by atoms with Crippen molar-refractivity contribution in [1.29, 1.82) is 0 Å². The quantitative estimate of drug-likeness (QED) is 0.603. The highest BCUT2D eigenvalue weighted by Crippen LogP contribution is 2.22. The first-order valence-electron chi connectivity index (χ1n) is 6.64. The summed E-state index contributed by atoms with van der Waals surface area (Å²) in [6.07, 6.45) is 0.728. The van der Waals surface area contributed by atoms with Crippen molar-refractivity contribution in [3.63, 3.8) is 0 Å². The van der Waals surface area contributed by atoms with Crippen LogP contribution in [0.4, 0.5) is 5.69 Å². The van der Waals surface area contributed by atoms with Crippen LogP contribution in [0.3, 0.4) is 0 Å². The number of benzene rings is 1. The molecule has 1 atom stereocenters. The van der Waals surface area contributed by atoms with Gasteiger partial charge in [0, 0.05) is 34.3 Å². The molecule has 0 spiro atoms. The fourth-order valence-electron chi connectivity index (χ4n) is 2.24. The number of amides is 1. The minimum Gasteiger partial charge on any atom is -0.346 e. The summed E-state index contributed by atoms with van der Waals surface area (Å²) < 4.78 is 0.486. The Morgan fingerprint density at radius 1 is 1.48 bits per heavy atom. The van der Waals surface area contributed by atoms with Crippen LogP contribution >= 0.6 is 15.9 Å². The van der Waals surface area contributed by atoms with Crippen LogP contribution in [-0.4, -0.2) is 22.9 Å². The predicted octanol–water partition coefficient (Wildman–Crippen LogP) is 2.85. The van der Waals surface area contributed by atoms with Gasteiger partial charge in [-0.1, -0.05) is 29.8 Å². The van der Waals surface area contributed by atoms with E-state index in [4.69, 9.17) is 5.73 Å². The zero-order chi connectivity index (χ0) is 16.2. The Morgan fingerprint density at radius 3 is 2.57 bits per heavy atom. The van der Waals surface area contributed by atoms with E-state index in [9.17, 15) is 14.9 Å². The minimum absolute atomic E-state index is 0.132. The van der Waals surface area contributed by atoms with Crippen LogP contribution in [0.5, 0.6) is 0 Å². The van der Waals surface area contributed by atoms with Gasteiger partial charge < -0.3 is 11.1 Å². The van der Waals surface area contributed by atoms with Crippen LogP contribution in [-0.2, 0) is 0 Å². The summed E-state index contributed by atoms with van der Waals surface area (Å²) in [5.74, 6) is 0.00342. The zero-order valence-corrected chi connectivity index (χ0v) is 13.9. The van der Waals surface area contributed by atoms with Crippen molar-refractivity contribution in [2.75, 3.05) is 6.54 Å². The number of rotatable bonds is 6. The number of halogens is 1. The third kappa shape index (κ3) is 5.09. The van der Waals surface area contributed by atoms with E-state index < -0.39 is 10.5 Å². The topological polar surface area (TPSA) is 98.3 Å². The van der Waals surface area contributed by atoms with E-state index in [1.165, 1.54) is 12.1 Å². The van der Waals surface area contributed by atoms with E-state index in [2.05, 4.69) is 21.2 Å². The summed E-state index contributed by atoms with van der Waals surface area (Å²) in [5.41, 5.74) is 5.32. The average Bonchev–Trinajstić information content (AvgIpc) is 2.36. The number of nitro benzene ring substituents is 1. The molecule has 0 saturated heterocycles. The predicted molar refractivity (Wildman–Crippen MR) is 85.2 cm³/mol. The van der Waals surface area contributed by atoms with Gasteiger partial charge in [-0.15, -0.1) is 0 Å². The highest BCUT2D eigenvalue weighted by atomic mass is 79.9. The van der Waals surface area contributed by atoms with Crippen molar-refractivity contribution in [3.8, 4) is 0 Å². The van der Waals surface area contributed by atoms with Crippen molar-refractivity contribution < 1.29 is 9.72 Å². The standard InChI is InChI=1S/C14H20BrN3O3/c1-9(2)7-14(3,8-16)17-13(19)10-4-11(15)6-12(5-10)18(20)21/h4-6,9H,7-8,16H2,1-3H3,(H,17,19). The van der Waals surface area contributed by atoms with E-state index in [1.54, 1.807) is 6.07 Å². The van der Waals surface area contributed by atoms with E-state index in [0.29, 0.717) is 16.9 Å². The number of nitrogens with one attached hydrogen (secondary N) is 1. The summed E-state index contributed by atoms with van der Waals surface area (Å²) >= 11 is 3.18. The summed E-state index contributed by atoms with van der Waals surface area (Å²) in [6.45, 7) is 6.26. The largest absolute Gasteiger partial charge is 0.346 e. The molecule has 0 saturated carbocycles. The zero-order valence-electron chi connectivity index (χ0n) is 12.4. The van der Waals surface area contributed by atoms with Gasteiger partial charge >= 0.3 is 0 Å². The number of nitrogens with two attached hydrogens (primary N) is 1. The van der Waals surface area contributed by atoms with Crippen LogP contribution in [0.2, 0.25) is 0 Å². The fourth-order valence-corrected chi connectivity index (χ4v) is 2.72. The van der Waals surface area contributed by atoms with Gasteiger partial charge in [0.2, 0.25) is 0 Å². The Hall–Kier alpha value is -1.47. The Bertz CT molecular complexity index is 548. The molecule has 0 aliphatic heterocycles. The first kappa shape index (κ1) is 17.6. The van der Waals surface area contributed by atoms with Gasteiger partial charge in [0.05, 0.1) is 4.92 Å². The molecule has 1 rings (SSSR count). The van der Waals surface area contributed by atoms with Crippen LogP contribution < -0.4 is 11.1 Å². The molecule has 0 aromatic heterocycles. The van der Waals surface area contributed by atoms with Crippen molar-refractivity contribution in [2.45, 2.75) is 32.7 Å². The first-order chi connectivity index (χ1) is 9.66. The molecular weight excluding hydrogens is 338 g/mol. The van der Waals surface area contributed by atoms with E-state index >= 15 is 0 Å². The van der Waals surface area contributed by atoms with Crippen molar-refractivity contribution in [2.24, 2.45) is 11.7 Å². The van der Waals surface area contributed by atoms with Gasteiger partial charge in [-0.3, -0.25) is 14.9 Å². The lowest BCUT2D eigenvalue weighted by molar-refractivity contribution is -0.385. The number of non-ortho nitro benzene ring substituents is 1. The molecule has 0 radical (unpaired) electrons. The number of carbonyl (C=O) groups excluding carboxylic acids is 1. The van der Waals surface area contributed by atoms with Gasteiger partial charge in [0.25, 0.3) is 11.6 Å². The normalized spacial score (nSPS) is 13.8. The number of carbonyl (C=O) groups is 1. The van der Waals surface area contributed by atoms with E-state index in [-0.39, 0.29) is 17.2 Å². The highest BCUT2D eigenvalue weighted by molar-refractivity contribution is 9.10. The third-order valence-electron chi connectivity index (χ3n) is 3.08. The summed E-state index contributed by atoms with van der Waals surface area (Å²) in [7, 11) is 0. The number of nitro groups is 1. The summed E-state index contributed by atoms with van der Waals surface area (Å²) in [4.78, 5) is 22.6. The van der Waals surface area contributed by atoms with Crippen molar-refractivity contribution in [1.82, 2.24) is 5.32 Å². The van der Waals surface area contributed by atoms with Gasteiger partial charge in [-0.2, -0.15) is 0 Å². The lowest BCUT2D eigenvalue weighted by atomic mass is 9.90. The van der Waals surface area contributed by atoms with Crippen LogP contribution in [0.25, 0.3) is 0 Å². The molecule has 0 fully saturated rings. The summed E-state index contributed by atoms with van der Waals surface area (Å²) in [6, 6.07) is 4.16. The molecule has 0 heterocycles. The lowest BCUT2D eigenvalue weighted by Gasteiger charge is -2.31. The molecule has 1 aromatic carbocycles. The molecule has 7 heteroatoms. The minimum atomic E-state index is -0.539. The van der Waals surface area contributed by atoms with Gasteiger partial charge in [0.15, 0.2) is 0 Å². The number of nitrogens with zero attached hydrogens (tertiary/aromatic N) is 1. The number of hydrogen-bond acceptors (Lipinski definition) is 4. The lowest BCUT2D eigenvalue weighted by Crippen LogP contribution is -2.52. The van der Waals surface area contributed by atoms with Crippen molar-refractivity contribution in [3.05, 3.63) is 38.3 Å². The molecule has 0 bridgehead atoms. The second-order valence-electron chi connectivity index (χ2n) is 5.77. The Morgan fingerprint density at radius 2 is 2.10 bits per heavy atom. The molecule has 0 aliphatic carbocycles. The Labute approximate surface area is 132 Å². The van der Waals surface area contributed by atoms with Crippen LogP contribution in [0, 0.1) is 16.0 Å². The molecule has 116 valence electrons.